The van der Waals surface area contributed by atoms with Crippen molar-refractivity contribution in [1.82, 2.24) is 4.72 Å². The van der Waals surface area contributed by atoms with E-state index in [1.54, 1.807) is 12.1 Å². The first-order valence-electron chi connectivity index (χ1n) is 7.07. The van der Waals surface area contributed by atoms with E-state index in [1.165, 1.54) is 6.42 Å². The van der Waals surface area contributed by atoms with Gasteiger partial charge in [0.2, 0.25) is 10.0 Å². The van der Waals surface area contributed by atoms with Gasteiger partial charge in [-0.3, -0.25) is 0 Å². The van der Waals surface area contributed by atoms with Gasteiger partial charge < -0.3 is 0 Å². The Bertz CT molecular complexity index is 525. The molecule has 0 spiro atoms. The van der Waals surface area contributed by atoms with Crippen molar-refractivity contribution in [2.75, 3.05) is 0 Å². The zero-order valence-electron chi connectivity index (χ0n) is 11.7. The summed E-state index contributed by atoms with van der Waals surface area (Å²) in [6.07, 6.45) is 5.34. The van der Waals surface area contributed by atoms with E-state index in [0.29, 0.717) is 10.8 Å². The minimum Gasteiger partial charge on any atom is -0.208 e. The molecule has 2 atom stereocenters. The van der Waals surface area contributed by atoms with Crippen LogP contribution in [0.4, 0.5) is 0 Å². The summed E-state index contributed by atoms with van der Waals surface area (Å²) in [7, 11) is -3.37. The highest BCUT2D eigenvalue weighted by atomic mass is 32.2. The maximum absolute atomic E-state index is 12.4. The summed E-state index contributed by atoms with van der Waals surface area (Å²) in [5, 5.41) is 0. The molecule has 4 heteroatoms. The number of hydrogen-bond acceptors (Lipinski definition) is 2. The van der Waals surface area contributed by atoms with Gasteiger partial charge in [0.15, 0.2) is 0 Å². The summed E-state index contributed by atoms with van der Waals surface area (Å²) in [6.45, 7) is 4.09. The maximum atomic E-state index is 12.4. The minimum atomic E-state index is -3.37. The average Bonchev–Trinajstić information content (AvgIpc) is 2.54. The summed E-state index contributed by atoms with van der Waals surface area (Å²) in [6, 6.07) is 7.24. The Morgan fingerprint density at radius 3 is 2.58 bits per heavy atom. The topological polar surface area (TPSA) is 46.2 Å². The van der Waals surface area contributed by atoms with E-state index < -0.39 is 10.0 Å². The second kappa shape index (κ2) is 6.06. The summed E-state index contributed by atoms with van der Waals surface area (Å²) < 4.78 is 27.7. The Morgan fingerprint density at radius 2 is 1.84 bits per heavy atom. The van der Waals surface area contributed by atoms with Crippen LogP contribution in [-0.4, -0.2) is 14.5 Å². The van der Waals surface area contributed by atoms with Crippen LogP contribution in [0.2, 0.25) is 0 Å². The maximum Gasteiger partial charge on any atom is 0.241 e. The summed E-state index contributed by atoms with van der Waals surface area (Å²) in [5.41, 5.74) is 0.803. The second-order valence-corrected chi connectivity index (χ2v) is 7.38. The summed E-state index contributed by atoms with van der Waals surface area (Å²) in [4.78, 5) is 0.410. The van der Waals surface area contributed by atoms with Crippen molar-refractivity contribution in [1.29, 1.82) is 0 Å². The molecule has 0 radical (unpaired) electrons. The van der Waals surface area contributed by atoms with Gasteiger partial charge in [0.1, 0.15) is 0 Å². The van der Waals surface area contributed by atoms with E-state index in [0.717, 1.165) is 31.2 Å². The van der Waals surface area contributed by atoms with Crippen LogP contribution in [0.15, 0.2) is 29.2 Å². The lowest BCUT2D eigenvalue weighted by atomic mass is 10.0. The molecule has 1 N–H and O–H groups in total. The highest BCUT2D eigenvalue weighted by molar-refractivity contribution is 7.89. The van der Waals surface area contributed by atoms with E-state index in [-0.39, 0.29) is 6.04 Å². The van der Waals surface area contributed by atoms with Crippen molar-refractivity contribution in [2.45, 2.75) is 56.9 Å². The number of nitrogens with one attached hydrogen (secondary N) is 1. The van der Waals surface area contributed by atoms with Crippen molar-refractivity contribution >= 4 is 10.0 Å². The number of hydrogen-bond donors (Lipinski definition) is 1. The van der Waals surface area contributed by atoms with E-state index >= 15 is 0 Å². The van der Waals surface area contributed by atoms with Crippen molar-refractivity contribution in [3.05, 3.63) is 29.8 Å². The molecule has 1 aromatic rings. The Hall–Kier alpha value is -0.870. The normalized spacial score (nSPS) is 24.9. The molecule has 1 aromatic carbocycles. The van der Waals surface area contributed by atoms with Crippen molar-refractivity contribution in [2.24, 2.45) is 5.92 Å². The molecule has 2 unspecified atom stereocenters. The number of aryl methyl sites for hydroxylation is 1. The van der Waals surface area contributed by atoms with Crippen LogP contribution in [0.1, 0.15) is 44.6 Å². The van der Waals surface area contributed by atoms with Gasteiger partial charge in [0, 0.05) is 6.04 Å². The molecule has 0 aliphatic heterocycles. The van der Waals surface area contributed by atoms with Crippen LogP contribution in [-0.2, 0) is 10.0 Å². The first-order chi connectivity index (χ1) is 8.99. The number of rotatable bonds is 3. The van der Waals surface area contributed by atoms with E-state index in [1.807, 2.05) is 19.1 Å². The quantitative estimate of drug-likeness (QED) is 0.865. The van der Waals surface area contributed by atoms with Gasteiger partial charge in [0.05, 0.1) is 4.90 Å². The van der Waals surface area contributed by atoms with Gasteiger partial charge >= 0.3 is 0 Å². The van der Waals surface area contributed by atoms with Crippen LogP contribution >= 0.6 is 0 Å². The first kappa shape index (κ1) is 14.5. The van der Waals surface area contributed by atoms with E-state index in [9.17, 15) is 8.42 Å². The Balaban J connectivity index is 2.11. The van der Waals surface area contributed by atoms with Crippen LogP contribution in [0.3, 0.4) is 0 Å². The van der Waals surface area contributed by atoms with Gasteiger partial charge in [-0.05, 0) is 43.7 Å². The van der Waals surface area contributed by atoms with E-state index in [2.05, 4.69) is 11.6 Å². The lowest BCUT2D eigenvalue weighted by Gasteiger charge is -2.17. The third-order valence-electron chi connectivity index (χ3n) is 3.96. The second-order valence-electron chi connectivity index (χ2n) is 5.70. The predicted octanol–water partition coefficient (Wildman–Crippen LogP) is 3.24. The average molecular weight is 281 g/mol. The van der Waals surface area contributed by atoms with Crippen LogP contribution in [0.25, 0.3) is 0 Å². The lowest BCUT2D eigenvalue weighted by molar-refractivity contribution is 0.484. The zero-order valence-corrected chi connectivity index (χ0v) is 12.5. The molecule has 1 aliphatic carbocycles. The molecule has 0 amide bonds. The fraction of sp³-hybridized carbons (Fsp3) is 0.600. The predicted molar refractivity (Wildman–Crippen MR) is 77.5 cm³/mol. The van der Waals surface area contributed by atoms with Crippen LogP contribution < -0.4 is 4.72 Å². The molecule has 19 heavy (non-hydrogen) atoms. The van der Waals surface area contributed by atoms with Crippen molar-refractivity contribution < 1.29 is 8.42 Å². The molecule has 0 saturated heterocycles. The van der Waals surface area contributed by atoms with Gasteiger partial charge in [0.25, 0.3) is 0 Å². The SMILES string of the molecule is Cc1ccccc1S(=O)(=O)NC1CCCC(C)CC1. The Morgan fingerprint density at radius 1 is 1.11 bits per heavy atom. The van der Waals surface area contributed by atoms with Crippen molar-refractivity contribution in [3.8, 4) is 0 Å². The highest BCUT2D eigenvalue weighted by Gasteiger charge is 2.23. The highest BCUT2D eigenvalue weighted by Crippen LogP contribution is 2.24. The molecule has 106 valence electrons. The van der Waals surface area contributed by atoms with Crippen LogP contribution in [0.5, 0.6) is 0 Å². The molecule has 1 saturated carbocycles. The van der Waals surface area contributed by atoms with Gasteiger partial charge in [-0.1, -0.05) is 38.0 Å². The molecule has 0 heterocycles. The van der Waals surface area contributed by atoms with Crippen molar-refractivity contribution in [3.63, 3.8) is 0 Å². The molecule has 2 rings (SSSR count). The smallest absolute Gasteiger partial charge is 0.208 e. The van der Waals surface area contributed by atoms with E-state index in [4.69, 9.17) is 0 Å². The monoisotopic (exact) mass is 281 g/mol. The van der Waals surface area contributed by atoms with Gasteiger partial charge in [-0.2, -0.15) is 0 Å². The number of sulfonamides is 1. The molecule has 1 aliphatic rings. The molecule has 1 fully saturated rings. The zero-order chi connectivity index (χ0) is 13.9. The Labute approximate surface area is 116 Å². The van der Waals surface area contributed by atoms with Gasteiger partial charge in [-0.25, -0.2) is 13.1 Å². The Kier molecular flexibility index (Phi) is 4.63. The number of benzene rings is 1. The minimum absolute atomic E-state index is 0.0922. The lowest BCUT2D eigenvalue weighted by Crippen LogP contribution is -2.34. The fourth-order valence-electron chi connectivity index (χ4n) is 2.75. The third kappa shape index (κ3) is 3.80. The molecule has 0 aromatic heterocycles. The van der Waals surface area contributed by atoms with Crippen LogP contribution in [0, 0.1) is 12.8 Å². The first-order valence-corrected chi connectivity index (χ1v) is 8.55. The molecular formula is C15H23NO2S. The fourth-order valence-corrected chi connectivity index (χ4v) is 4.30. The molecule has 3 nitrogen and oxygen atoms in total. The van der Waals surface area contributed by atoms with Gasteiger partial charge in [-0.15, -0.1) is 0 Å². The third-order valence-corrected chi connectivity index (χ3v) is 5.64. The molecule has 0 bridgehead atoms. The largest absolute Gasteiger partial charge is 0.241 e. The molecular weight excluding hydrogens is 258 g/mol. The summed E-state index contributed by atoms with van der Waals surface area (Å²) >= 11 is 0. The summed E-state index contributed by atoms with van der Waals surface area (Å²) in [5.74, 6) is 0.716. The standard InChI is InChI=1S/C15H23NO2S/c1-12-6-5-8-14(11-10-12)16-19(17,18)15-9-4-3-7-13(15)2/h3-4,7,9,12,14,16H,5-6,8,10-11H2,1-2H3.